The molecule has 5 rings (SSSR count). The van der Waals surface area contributed by atoms with Crippen LogP contribution in [0.2, 0.25) is 0 Å². The molecule has 0 saturated carbocycles. The van der Waals surface area contributed by atoms with Gasteiger partial charge in [-0.15, -0.1) is 11.3 Å². The molecule has 5 heteroatoms. The highest BCUT2D eigenvalue weighted by Crippen LogP contribution is 2.46. The van der Waals surface area contributed by atoms with Gasteiger partial charge in [0.1, 0.15) is 0 Å². The number of hydrogen-bond donors (Lipinski definition) is 0. The Kier molecular flexibility index (Phi) is 4.27. The Morgan fingerprint density at radius 1 is 0.593 bits per heavy atom. The van der Waals surface area contributed by atoms with Crippen LogP contribution in [-0.2, 0) is 0 Å². The molecule has 27 heavy (non-hydrogen) atoms. The van der Waals surface area contributed by atoms with Gasteiger partial charge >= 0.3 is 0 Å². The summed E-state index contributed by atoms with van der Waals surface area (Å²) in [5.74, 6) is 0. The molecular formula is C22H10Cl4S. The highest BCUT2D eigenvalue weighted by Gasteiger charge is 2.26. The van der Waals surface area contributed by atoms with E-state index in [1.54, 1.807) is 11.3 Å². The lowest BCUT2D eigenvalue weighted by atomic mass is 10.00. The highest BCUT2D eigenvalue weighted by molar-refractivity contribution is 7.23. The van der Waals surface area contributed by atoms with Crippen molar-refractivity contribution in [2.24, 2.45) is 0 Å². The Labute approximate surface area is 179 Å². The number of thiophene rings is 1. The van der Waals surface area contributed by atoms with Crippen LogP contribution in [0, 0.1) is 0 Å². The molecule has 0 fully saturated rings. The van der Waals surface area contributed by atoms with Gasteiger partial charge in [-0.05, 0) is 22.2 Å². The van der Waals surface area contributed by atoms with Crippen molar-refractivity contribution in [2.75, 3.05) is 0 Å². The summed E-state index contributed by atoms with van der Waals surface area (Å²) in [4.78, 5) is 1.25. The van der Waals surface area contributed by atoms with Crippen molar-refractivity contribution < 1.29 is 0 Å². The van der Waals surface area contributed by atoms with Crippen molar-refractivity contribution in [3.63, 3.8) is 0 Å². The van der Waals surface area contributed by atoms with Gasteiger partial charge < -0.3 is 0 Å². The minimum absolute atomic E-state index is 0.299. The van der Waals surface area contributed by atoms with E-state index in [0.717, 1.165) is 10.6 Å². The molecule has 1 aliphatic rings. The van der Waals surface area contributed by atoms with Gasteiger partial charge in [0.25, 0.3) is 0 Å². The van der Waals surface area contributed by atoms with Crippen LogP contribution in [0.1, 0.15) is 0 Å². The van der Waals surface area contributed by atoms with Crippen LogP contribution in [0.3, 0.4) is 0 Å². The molecule has 0 spiro atoms. The van der Waals surface area contributed by atoms with Gasteiger partial charge in [0, 0.05) is 25.9 Å². The van der Waals surface area contributed by atoms with Crippen LogP contribution >= 0.6 is 57.7 Å². The van der Waals surface area contributed by atoms with Crippen LogP contribution < -0.4 is 5.22 Å². The molecular weight excluding hydrogens is 438 g/mol. The fourth-order valence-corrected chi connectivity index (χ4v) is 5.91. The van der Waals surface area contributed by atoms with Crippen LogP contribution in [-0.4, -0.2) is 0 Å². The zero-order valence-electron chi connectivity index (χ0n) is 13.7. The normalized spacial score (nSPS) is 15.0. The molecule has 0 nitrogen and oxygen atoms in total. The quantitative estimate of drug-likeness (QED) is 0.277. The molecule has 0 N–H and O–H groups in total. The van der Waals surface area contributed by atoms with Gasteiger partial charge in [0.05, 0.1) is 20.1 Å². The third-order valence-corrected chi connectivity index (χ3v) is 7.80. The largest absolute Gasteiger partial charge is 0.135 e. The van der Waals surface area contributed by atoms with Crippen molar-refractivity contribution in [2.45, 2.75) is 0 Å². The first-order valence-corrected chi connectivity index (χ1v) is 10.6. The van der Waals surface area contributed by atoms with Crippen molar-refractivity contribution in [1.82, 2.24) is 0 Å². The smallest absolute Gasteiger partial charge is 0.0800 e. The molecule has 0 aliphatic heterocycles. The lowest BCUT2D eigenvalue weighted by molar-refractivity contribution is 1.67. The summed E-state index contributed by atoms with van der Waals surface area (Å²) in [6, 6.07) is 20.9. The molecule has 1 aromatic heterocycles. The molecule has 0 saturated heterocycles. The molecule has 0 amide bonds. The van der Waals surface area contributed by atoms with Crippen molar-refractivity contribution >= 4 is 84.2 Å². The lowest BCUT2D eigenvalue weighted by Crippen LogP contribution is -2.07. The summed E-state index contributed by atoms with van der Waals surface area (Å²) >= 11 is 27.2. The van der Waals surface area contributed by atoms with Gasteiger partial charge in [-0.25, -0.2) is 0 Å². The molecule has 132 valence electrons. The molecule has 3 aromatic carbocycles. The fraction of sp³-hybridized carbons (Fsp3) is 0. The predicted molar refractivity (Wildman–Crippen MR) is 121 cm³/mol. The van der Waals surface area contributed by atoms with Crippen LogP contribution in [0.15, 0.2) is 80.8 Å². The average Bonchev–Trinajstić information content (AvgIpc) is 3.17. The number of allylic oxidation sites excluding steroid dienone is 4. The zero-order chi connectivity index (χ0) is 18.7. The predicted octanol–water partition coefficient (Wildman–Crippen LogP) is 7.98. The van der Waals surface area contributed by atoms with Crippen LogP contribution in [0.5, 0.6) is 0 Å². The second-order valence-electron chi connectivity index (χ2n) is 6.27. The van der Waals surface area contributed by atoms with E-state index in [1.165, 1.54) is 25.9 Å². The number of halogens is 4. The Balaban J connectivity index is 1.94. The molecule has 1 heterocycles. The second-order valence-corrected chi connectivity index (χ2v) is 8.83. The standard InChI is InChI=1S/C22H10Cl4S/c23-18-17(19(24)21(26)20(18)25)13-9-10-14-16-12(13)7-4-8-15(16)27-22(14)11-5-2-1-3-6-11/h1-10H. The van der Waals surface area contributed by atoms with Gasteiger partial charge in [-0.2, -0.15) is 0 Å². The molecule has 4 aromatic rings. The Morgan fingerprint density at radius 3 is 2.00 bits per heavy atom. The van der Waals surface area contributed by atoms with E-state index < -0.39 is 0 Å². The maximum absolute atomic E-state index is 6.46. The number of rotatable bonds is 1. The maximum atomic E-state index is 6.46. The summed E-state index contributed by atoms with van der Waals surface area (Å²) in [5.41, 5.74) is 1.90. The first-order valence-electron chi connectivity index (χ1n) is 8.23. The summed E-state index contributed by atoms with van der Waals surface area (Å²) in [6.07, 6.45) is 0. The monoisotopic (exact) mass is 446 g/mol. The maximum Gasteiger partial charge on any atom is 0.0800 e. The van der Waals surface area contributed by atoms with Crippen molar-refractivity contribution in [1.29, 1.82) is 0 Å². The SMILES string of the molecule is ClC1=C(Cl)C(=c2ccc3c(-c4ccccc4)sc4cccc2c43)C(Cl)=C1Cl. The molecule has 0 bridgehead atoms. The summed E-state index contributed by atoms with van der Waals surface area (Å²) in [5, 5.41) is 5.84. The van der Waals surface area contributed by atoms with E-state index in [2.05, 4.69) is 54.6 Å². The Morgan fingerprint density at radius 2 is 1.30 bits per heavy atom. The van der Waals surface area contributed by atoms with Crippen molar-refractivity contribution in [3.05, 3.63) is 86.0 Å². The van der Waals surface area contributed by atoms with Gasteiger partial charge in [-0.1, -0.05) is 101 Å². The molecule has 0 atom stereocenters. The van der Waals surface area contributed by atoms with E-state index in [1.807, 2.05) is 6.07 Å². The number of hydrogen-bond acceptors (Lipinski definition) is 1. The van der Waals surface area contributed by atoms with E-state index in [-0.39, 0.29) is 0 Å². The summed E-state index contributed by atoms with van der Waals surface area (Å²) < 4.78 is 1.22. The Bertz CT molecular complexity index is 1320. The van der Waals surface area contributed by atoms with Crippen LogP contribution in [0.4, 0.5) is 0 Å². The zero-order valence-corrected chi connectivity index (χ0v) is 17.5. The lowest BCUT2D eigenvalue weighted by Gasteiger charge is -2.06. The second kappa shape index (κ2) is 6.55. The minimum Gasteiger partial charge on any atom is -0.135 e. The minimum atomic E-state index is 0.299. The molecule has 0 radical (unpaired) electrons. The third-order valence-electron chi connectivity index (χ3n) is 4.78. The molecule has 0 unspecified atom stereocenters. The van der Waals surface area contributed by atoms with E-state index >= 15 is 0 Å². The van der Waals surface area contributed by atoms with Gasteiger partial charge in [0.2, 0.25) is 0 Å². The molecule has 1 aliphatic carbocycles. The summed E-state index contributed by atoms with van der Waals surface area (Å²) in [7, 11) is 0. The number of benzene rings is 3. The Hall–Kier alpha value is -1.48. The van der Waals surface area contributed by atoms with Crippen molar-refractivity contribution in [3.8, 4) is 10.4 Å². The highest BCUT2D eigenvalue weighted by atomic mass is 35.5. The fourth-order valence-electron chi connectivity index (χ4n) is 3.58. The first-order chi connectivity index (χ1) is 13.1. The third kappa shape index (κ3) is 2.57. The average molecular weight is 448 g/mol. The first kappa shape index (κ1) is 17.6. The van der Waals surface area contributed by atoms with Crippen LogP contribution in [0.25, 0.3) is 36.9 Å². The van der Waals surface area contributed by atoms with E-state index in [0.29, 0.717) is 25.7 Å². The van der Waals surface area contributed by atoms with E-state index in [4.69, 9.17) is 46.4 Å². The van der Waals surface area contributed by atoms with Gasteiger partial charge in [0.15, 0.2) is 0 Å². The topological polar surface area (TPSA) is 0 Å². The van der Waals surface area contributed by atoms with E-state index in [9.17, 15) is 0 Å². The van der Waals surface area contributed by atoms with Gasteiger partial charge in [-0.3, -0.25) is 0 Å². The summed E-state index contributed by atoms with van der Waals surface area (Å²) in [6.45, 7) is 0.